The molecule has 3 heterocycles. The van der Waals surface area contributed by atoms with Crippen molar-refractivity contribution < 1.29 is 13.9 Å². The van der Waals surface area contributed by atoms with Gasteiger partial charge in [-0.15, -0.1) is 0 Å². The Hall–Kier alpha value is -1.40. The van der Waals surface area contributed by atoms with Gasteiger partial charge in [-0.3, -0.25) is 4.79 Å². The maximum absolute atomic E-state index is 12.2. The Bertz CT molecular complexity index is 420. The van der Waals surface area contributed by atoms with Crippen LogP contribution in [-0.2, 0) is 4.74 Å². The second kappa shape index (κ2) is 5.07. The third-order valence-corrected chi connectivity index (χ3v) is 3.40. The minimum atomic E-state index is -0.0636. The smallest absolute Gasteiger partial charge is 0.275 e. The summed E-state index contributed by atoms with van der Waals surface area (Å²) in [5, 5.41) is 3.30. The van der Waals surface area contributed by atoms with Crippen molar-refractivity contribution in [1.29, 1.82) is 0 Å². The summed E-state index contributed by atoms with van der Waals surface area (Å²) in [6.07, 6.45) is 3.61. The van der Waals surface area contributed by atoms with Gasteiger partial charge in [0.25, 0.3) is 5.91 Å². The van der Waals surface area contributed by atoms with E-state index in [1.54, 1.807) is 4.90 Å². The fourth-order valence-corrected chi connectivity index (χ4v) is 2.37. The molecular weight excluding hydrogens is 234 g/mol. The third-order valence-electron chi connectivity index (χ3n) is 3.40. The average molecular weight is 251 g/mol. The first-order chi connectivity index (χ1) is 8.84. The van der Waals surface area contributed by atoms with Crippen LogP contribution in [0.5, 0.6) is 0 Å². The van der Waals surface area contributed by atoms with Crippen LogP contribution < -0.4 is 5.32 Å². The van der Waals surface area contributed by atoms with E-state index >= 15 is 0 Å². The number of ether oxygens (including phenoxy) is 1. The van der Waals surface area contributed by atoms with Crippen molar-refractivity contribution in [3.05, 3.63) is 17.8 Å². The number of rotatable bonds is 2. The summed E-state index contributed by atoms with van der Waals surface area (Å²) in [5.41, 5.74) is 0.403. The largest absolute Gasteiger partial charge is 0.446 e. The molecule has 6 nitrogen and oxygen atoms in total. The van der Waals surface area contributed by atoms with E-state index in [0.29, 0.717) is 37.9 Å². The van der Waals surface area contributed by atoms with Crippen LogP contribution in [0.25, 0.3) is 0 Å². The van der Waals surface area contributed by atoms with Crippen LogP contribution in [0.3, 0.4) is 0 Å². The van der Waals surface area contributed by atoms with Gasteiger partial charge in [-0.2, -0.15) is 0 Å². The molecule has 2 fully saturated rings. The van der Waals surface area contributed by atoms with Gasteiger partial charge in [0.1, 0.15) is 6.26 Å². The molecule has 6 heteroatoms. The van der Waals surface area contributed by atoms with E-state index in [1.807, 2.05) is 0 Å². The summed E-state index contributed by atoms with van der Waals surface area (Å²) in [7, 11) is 0. The molecule has 0 aromatic carbocycles. The highest BCUT2D eigenvalue weighted by Gasteiger charge is 2.25. The molecule has 1 aromatic heterocycles. The zero-order chi connectivity index (χ0) is 12.4. The second-order valence-electron chi connectivity index (χ2n) is 4.62. The van der Waals surface area contributed by atoms with Crippen LogP contribution in [0.1, 0.15) is 35.3 Å². The van der Waals surface area contributed by atoms with Gasteiger partial charge in [0, 0.05) is 13.1 Å². The standard InChI is InChI=1S/C12H17N3O3/c16-12(15-4-6-17-7-5-15)10-8-18-11(14-10)9-2-1-3-13-9/h8-9,13H,1-7H2. The highest BCUT2D eigenvalue weighted by Crippen LogP contribution is 2.22. The van der Waals surface area contributed by atoms with Crippen LogP contribution >= 0.6 is 0 Å². The Morgan fingerprint density at radius 3 is 3.00 bits per heavy atom. The number of oxazole rings is 1. The van der Waals surface area contributed by atoms with Crippen molar-refractivity contribution in [1.82, 2.24) is 15.2 Å². The molecule has 2 aliphatic rings. The van der Waals surface area contributed by atoms with Crippen LogP contribution in [-0.4, -0.2) is 48.6 Å². The van der Waals surface area contributed by atoms with E-state index < -0.39 is 0 Å². The Labute approximate surface area is 105 Å². The van der Waals surface area contributed by atoms with E-state index in [0.717, 1.165) is 19.4 Å². The number of amides is 1. The molecule has 2 aliphatic heterocycles. The molecule has 1 atom stereocenters. The second-order valence-corrected chi connectivity index (χ2v) is 4.62. The Balaban J connectivity index is 1.69. The zero-order valence-corrected chi connectivity index (χ0v) is 10.2. The quantitative estimate of drug-likeness (QED) is 0.832. The van der Waals surface area contributed by atoms with Gasteiger partial charge >= 0.3 is 0 Å². The molecule has 0 aliphatic carbocycles. The summed E-state index contributed by atoms with van der Waals surface area (Å²) in [6, 6.07) is 0.163. The van der Waals surface area contributed by atoms with Crippen molar-refractivity contribution >= 4 is 5.91 Å². The molecular formula is C12H17N3O3. The average Bonchev–Trinajstić information content (AvgIpc) is 3.09. The fourth-order valence-electron chi connectivity index (χ4n) is 2.37. The molecule has 1 aromatic rings. The van der Waals surface area contributed by atoms with Gasteiger partial charge in [-0.1, -0.05) is 0 Å². The van der Waals surface area contributed by atoms with Gasteiger partial charge in [0.2, 0.25) is 5.89 Å². The molecule has 0 saturated carbocycles. The summed E-state index contributed by atoms with van der Waals surface area (Å²) in [4.78, 5) is 18.2. The van der Waals surface area contributed by atoms with Gasteiger partial charge in [-0.05, 0) is 19.4 Å². The van der Waals surface area contributed by atoms with Gasteiger partial charge in [-0.25, -0.2) is 4.98 Å². The number of hydrogen-bond acceptors (Lipinski definition) is 5. The molecule has 1 unspecified atom stereocenters. The van der Waals surface area contributed by atoms with Crippen molar-refractivity contribution in [2.75, 3.05) is 32.8 Å². The summed E-state index contributed by atoms with van der Waals surface area (Å²) in [5.74, 6) is 0.565. The molecule has 0 spiro atoms. The lowest BCUT2D eigenvalue weighted by atomic mass is 10.2. The molecule has 0 radical (unpaired) electrons. The van der Waals surface area contributed by atoms with Crippen molar-refractivity contribution in [3.63, 3.8) is 0 Å². The lowest BCUT2D eigenvalue weighted by molar-refractivity contribution is 0.0299. The van der Waals surface area contributed by atoms with Gasteiger partial charge in [0.05, 0.1) is 19.3 Å². The van der Waals surface area contributed by atoms with Crippen molar-refractivity contribution in [2.24, 2.45) is 0 Å². The highest BCUT2D eigenvalue weighted by atomic mass is 16.5. The molecule has 18 heavy (non-hydrogen) atoms. The number of morpholine rings is 1. The Morgan fingerprint density at radius 2 is 2.28 bits per heavy atom. The molecule has 1 N–H and O–H groups in total. The SMILES string of the molecule is O=C(c1coc(C2CCCN2)n1)N1CCOCC1. The minimum Gasteiger partial charge on any atom is -0.446 e. The van der Waals surface area contributed by atoms with Crippen molar-refractivity contribution in [3.8, 4) is 0 Å². The first-order valence-electron chi connectivity index (χ1n) is 6.40. The first kappa shape index (κ1) is 11.7. The van der Waals surface area contributed by atoms with Crippen molar-refractivity contribution in [2.45, 2.75) is 18.9 Å². The number of carbonyl (C=O) groups excluding carboxylic acids is 1. The van der Waals surface area contributed by atoms with Crippen LogP contribution in [0.2, 0.25) is 0 Å². The predicted molar refractivity (Wildman–Crippen MR) is 63.2 cm³/mol. The van der Waals surface area contributed by atoms with E-state index in [2.05, 4.69) is 10.3 Å². The molecule has 98 valence electrons. The van der Waals surface area contributed by atoms with Crippen LogP contribution in [0, 0.1) is 0 Å². The normalized spacial score (nSPS) is 24.4. The fraction of sp³-hybridized carbons (Fsp3) is 0.667. The first-order valence-corrected chi connectivity index (χ1v) is 6.40. The Morgan fingerprint density at radius 1 is 1.44 bits per heavy atom. The zero-order valence-electron chi connectivity index (χ0n) is 10.2. The number of nitrogens with zero attached hydrogens (tertiary/aromatic N) is 2. The van der Waals surface area contributed by atoms with E-state index in [4.69, 9.17) is 9.15 Å². The maximum atomic E-state index is 12.2. The summed E-state index contributed by atoms with van der Waals surface area (Å²) >= 11 is 0. The van der Waals surface area contributed by atoms with Crippen LogP contribution in [0.15, 0.2) is 10.7 Å². The number of hydrogen-bond donors (Lipinski definition) is 1. The summed E-state index contributed by atoms with van der Waals surface area (Å²) in [6.45, 7) is 3.44. The van der Waals surface area contributed by atoms with E-state index in [9.17, 15) is 4.79 Å². The number of aromatic nitrogens is 1. The lowest BCUT2D eigenvalue weighted by Gasteiger charge is -2.25. The highest BCUT2D eigenvalue weighted by molar-refractivity contribution is 5.92. The number of carbonyl (C=O) groups is 1. The molecule has 0 bridgehead atoms. The Kier molecular flexibility index (Phi) is 3.29. The topological polar surface area (TPSA) is 67.6 Å². The van der Waals surface area contributed by atoms with E-state index in [-0.39, 0.29) is 11.9 Å². The monoisotopic (exact) mass is 251 g/mol. The predicted octanol–water partition coefficient (Wildman–Crippen LogP) is 0.571. The number of nitrogens with one attached hydrogen (secondary N) is 1. The molecule has 2 saturated heterocycles. The van der Waals surface area contributed by atoms with E-state index in [1.165, 1.54) is 6.26 Å². The van der Waals surface area contributed by atoms with Gasteiger partial charge in [0.15, 0.2) is 5.69 Å². The molecule has 3 rings (SSSR count). The van der Waals surface area contributed by atoms with Crippen LogP contribution in [0.4, 0.5) is 0 Å². The van der Waals surface area contributed by atoms with Gasteiger partial charge < -0.3 is 19.4 Å². The summed E-state index contributed by atoms with van der Waals surface area (Å²) < 4.78 is 10.6. The minimum absolute atomic E-state index is 0.0636. The maximum Gasteiger partial charge on any atom is 0.275 e. The molecule has 1 amide bonds. The third kappa shape index (κ3) is 2.26. The lowest BCUT2D eigenvalue weighted by Crippen LogP contribution is -2.40.